The molecule has 29 heavy (non-hydrogen) atoms. The Morgan fingerprint density at radius 2 is 1.86 bits per heavy atom. The second-order valence-electron chi connectivity index (χ2n) is 8.04. The molecule has 0 saturated heterocycles. The number of ketones is 2. The highest BCUT2D eigenvalue weighted by molar-refractivity contribution is 7.13. The molecule has 3 aromatic rings. The van der Waals surface area contributed by atoms with Crippen LogP contribution in [0.25, 0.3) is 21.7 Å². The van der Waals surface area contributed by atoms with Gasteiger partial charge < -0.3 is 0 Å². The van der Waals surface area contributed by atoms with E-state index in [-0.39, 0.29) is 24.4 Å². The van der Waals surface area contributed by atoms with Crippen molar-refractivity contribution in [1.29, 1.82) is 0 Å². The van der Waals surface area contributed by atoms with E-state index in [4.69, 9.17) is 16.6 Å². The van der Waals surface area contributed by atoms with E-state index >= 15 is 0 Å². The summed E-state index contributed by atoms with van der Waals surface area (Å²) >= 11 is 7.78. The molecule has 0 aliphatic carbocycles. The Balaban J connectivity index is 1.88. The van der Waals surface area contributed by atoms with Crippen molar-refractivity contribution in [2.45, 2.75) is 40.5 Å². The molecule has 5 heteroatoms. The smallest absolute Gasteiger partial charge is 0.139 e. The largest absolute Gasteiger partial charge is 0.299 e. The van der Waals surface area contributed by atoms with Crippen molar-refractivity contribution in [1.82, 2.24) is 4.98 Å². The third-order valence-electron chi connectivity index (χ3n) is 5.06. The number of carbonyl (C=O) groups is 2. The molecule has 3 nitrogen and oxygen atoms in total. The third kappa shape index (κ3) is 5.20. The predicted molar refractivity (Wildman–Crippen MR) is 121 cm³/mol. The van der Waals surface area contributed by atoms with Crippen LogP contribution >= 0.6 is 22.9 Å². The molecule has 0 aliphatic rings. The molecular weight excluding hydrogens is 402 g/mol. The maximum Gasteiger partial charge on any atom is 0.139 e. The van der Waals surface area contributed by atoms with Crippen LogP contribution in [0.4, 0.5) is 0 Å². The van der Waals surface area contributed by atoms with Crippen LogP contribution in [0.1, 0.15) is 38.4 Å². The number of Topliss-reactive ketones (excluding diaryl/α,β-unsaturated/α-hetero) is 2. The Bertz CT molecular complexity index is 1070. The minimum atomic E-state index is -0.634. The average molecular weight is 426 g/mol. The molecule has 1 aromatic heterocycles. The summed E-state index contributed by atoms with van der Waals surface area (Å²) in [5.41, 5.74) is 4.37. The lowest BCUT2D eigenvalue weighted by Crippen LogP contribution is -2.25. The summed E-state index contributed by atoms with van der Waals surface area (Å²) in [5, 5.41) is 3.44. The first-order valence-corrected chi connectivity index (χ1v) is 10.8. The highest BCUT2D eigenvalue weighted by Gasteiger charge is 2.27. The van der Waals surface area contributed by atoms with Crippen LogP contribution < -0.4 is 0 Å². The molecule has 0 atom stereocenters. The molecular formula is C24H24ClNO2S. The molecule has 2 aromatic carbocycles. The molecule has 0 spiro atoms. The first kappa shape index (κ1) is 21.4. The van der Waals surface area contributed by atoms with Gasteiger partial charge in [0.1, 0.15) is 16.6 Å². The van der Waals surface area contributed by atoms with Crippen molar-refractivity contribution >= 4 is 34.5 Å². The molecule has 0 amide bonds. The van der Waals surface area contributed by atoms with E-state index in [0.717, 1.165) is 27.4 Å². The van der Waals surface area contributed by atoms with Gasteiger partial charge in [-0.2, -0.15) is 0 Å². The van der Waals surface area contributed by atoms with Crippen molar-refractivity contribution < 1.29 is 9.59 Å². The molecule has 0 radical (unpaired) electrons. The molecule has 1 heterocycles. The minimum Gasteiger partial charge on any atom is -0.299 e. The maximum atomic E-state index is 12.4. The van der Waals surface area contributed by atoms with Crippen LogP contribution in [0, 0.1) is 12.3 Å². The Hall–Kier alpha value is -2.30. The van der Waals surface area contributed by atoms with Crippen LogP contribution in [-0.4, -0.2) is 16.6 Å². The summed E-state index contributed by atoms with van der Waals surface area (Å²) in [7, 11) is 0. The summed E-state index contributed by atoms with van der Waals surface area (Å²) in [4.78, 5) is 28.8. The maximum absolute atomic E-state index is 12.4. The molecule has 0 aliphatic heterocycles. The highest BCUT2D eigenvalue weighted by atomic mass is 35.5. The molecule has 0 bridgehead atoms. The summed E-state index contributed by atoms with van der Waals surface area (Å²) in [6, 6.07) is 14.1. The summed E-state index contributed by atoms with van der Waals surface area (Å²) in [6.07, 6.45) is 0.464. The topological polar surface area (TPSA) is 47.0 Å². The number of aromatic nitrogens is 1. The predicted octanol–water partition coefficient (Wildman–Crippen LogP) is 6.56. The lowest BCUT2D eigenvalue weighted by Gasteiger charge is -2.19. The lowest BCUT2D eigenvalue weighted by molar-refractivity contribution is -0.130. The Morgan fingerprint density at radius 1 is 1.10 bits per heavy atom. The number of carbonyl (C=O) groups excluding carboxylic acids is 2. The standard InChI is InChI=1S/C24H24ClNO2S/c1-15-6-5-7-17(10-15)22-11-18(25)8-9-21(22)23-26-19(14-29-23)12-20(28)13-24(3,4)16(2)27/h5-11,14H,12-13H2,1-4H3. The van der Waals surface area contributed by atoms with Gasteiger partial charge in [-0.05, 0) is 43.2 Å². The Morgan fingerprint density at radius 3 is 2.55 bits per heavy atom. The number of aryl methyl sites for hydroxylation is 1. The molecule has 0 fully saturated rings. The summed E-state index contributed by atoms with van der Waals surface area (Å²) < 4.78 is 0. The highest BCUT2D eigenvalue weighted by Crippen LogP contribution is 2.36. The van der Waals surface area contributed by atoms with Crippen molar-refractivity contribution in [3.63, 3.8) is 0 Å². The van der Waals surface area contributed by atoms with E-state index < -0.39 is 5.41 Å². The van der Waals surface area contributed by atoms with E-state index in [0.29, 0.717) is 5.02 Å². The van der Waals surface area contributed by atoms with Crippen molar-refractivity contribution in [2.24, 2.45) is 5.41 Å². The van der Waals surface area contributed by atoms with Gasteiger partial charge in [0.2, 0.25) is 0 Å². The average Bonchev–Trinajstić information content (AvgIpc) is 3.09. The van der Waals surface area contributed by atoms with Gasteiger partial charge in [-0.3, -0.25) is 9.59 Å². The van der Waals surface area contributed by atoms with Crippen molar-refractivity contribution in [3.05, 3.63) is 64.1 Å². The number of halogens is 1. The Kier molecular flexibility index (Phi) is 6.35. The number of thiazole rings is 1. The molecule has 0 unspecified atom stereocenters. The number of hydrogen-bond donors (Lipinski definition) is 0. The molecule has 3 rings (SSSR count). The second-order valence-corrected chi connectivity index (χ2v) is 9.33. The van der Waals surface area contributed by atoms with Crippen molar-refractivity contribution in [3.8, 4) is 21.7 Å². The van der Waals surface area contributed by atoms with Gasteiger partial charge >= 0.3 is 0 Å². The second kappa shape index (κ2) is 8.60. The summed E-state index contributed by atoms with van der Waals surface area (Å²) in [6.45, 7) is 7.20. The first-order chi connectivity index (χ1) is 13.7. The fraction of sp³-hybridized carbons (Fsp3) is 0.292. The van der Waals surface area contributed by atoms with E-state index in [1.54, 1.807) is 0 Å². The van der Waals surface area contributed by atoms with Crippen LogP contribution in [0.2, 0.25) is 5.02 Å². The molecule has 0 N–H and O–H groups in total. The number of benzene rings is 2. The Labute approximate surface area is 180 Å². The van der Waals surface area contributed by atoms with Crippen LogP contribution in [0.5, 0.6) is 0 Å². The monoisotopic (exact) mass is 425 g/mol. The zero-order valence-corrected chi connectivity index (χ0v) is 18.7. The van der Waals surface area contributed by atoms with E-state index in [1.165, 1.54) is 23.8 Å². The van der Waals surface area contributed by atoms with Gasteiger partial charge in [0.15, 0.2) is 0 Å². The lowest BCUT2D eigenvalue weighted by atomic mass is 9.83. The fourth-order valence-corrected chi connectivity index (χ4v) is 4.18. The van der Waals surface area contributed by atoms with Crippen molar-refractivity contribution in [2.75, 3.05) is 0 Å². The van der Waals surface area contributed by atoms with Crippen LogP contribution in [0.15, 0.2) is 47.8 Å². The molecule has 150 valence electrons. The van der Waals surface area contributed by atoms with Gasteiger partial charge in [-0.25, -0.2) is 4.98 Å². The van der Waals surface area contributed by atoms with Gasteiger partial charge in [-0.1, -0.05) is 55.3 Å². The number of nitrogens with zero attached hydrogens (tertiary/aromatic N) is 1. The summed E-state index contributed by atoms with van der Waals surface area (Å²) in [5.74, 6) is 0.0471. The fourth-order valence-electron chi connectivity index (χ4n) is 3.15. The molecule has 0 saturated carbocycles. The quantitative estimate of drug-likeness (QED) is 0.430. The normalized spacial score (nSPS) is 11.5. The zero-order valence-electron chi connectivity index (χ0n) is 17.1. The number of hydrogen-bond acceptors (Lipinski definition) is 4. The van der Waals surface area contributed by atoms with E-state index in [1.807, 2.05) is 43.5 Å². The third-order valence-corrected chi connectivity index (χ3v) is 6.22. The van der Waals surface area contributed by atoms with Gasteiger partial charge in [0, 0.05) is 34.2 Å². The van der Waals surface area contributed by atoms with Gasteiger partial charge in [0.05, 0.1) is 5.69 Å². The minimum absolute atomic E-state index is 0.0220. The number of rotatable bonds is 7. The van der Waals surface area contributed by atoms with Crippen LogP contribution in [-0.2, 0) is 16.0 Å². The van der Waals surface area contributed by atoms with Gasteiger partial charge in [-0.15, -0.1) is 11.3 Å². The zero-order chi connectivity index (χ0) is 21.2. The van der Waals surface area contributed by atoms with E-state index in [2.05, 4.69) is 25.1 Å². The first-order valence-electron chi connectivity index (χ1n) is 9.50. The van der Waals surface area contributed by atoms with E-state index in [9.17, 15) is 9.59 Å². The van der Waals surface area contributed by atoms with Crippen LogP contribution in [0.3, 0.4) is 0 Å². The van der Waals surface area contributed by atoms with Gasteiger partial charge in [0.25, 0.3) is 0 Å². The SMILES string of the molecule is CC(=O)C(C)(C)CC(=O)Cc1csc(-c2ccc(Cl)cc2-c2cccc(C)c2)n1.